The Balaban J connectivity index is 3.40. The summed E-state index contributed by atoms with van der Waals surface area (Å²) in [6, 6.07) is -0.836. The van der Waals surface area contributed by atoms with Crippen LogP contribution in [0.3, 0.4) is 0 Å². The van der Waals surface area contributed by atoms with E-state index < -0.39 is 41.3 Å². The Kier molecular flexibility index (Phi) is 7.47. The van der Waals surface area contributed by atoms with Crippen LogP contribution in [0.15, 0.2) is 0 Å². The standard InChI is InChI=1S/C19H33NO6/c1-8-10-19(11-9-2)12-14(15(22)24-7)20(16(19)25-13(3)21)17(23)26-18(4,5)6/h14,16H,8-12H2,1-7H3/t14-,16?/m0/s1. The minimum absolute atomic E-state index is 0.387. The van der Waals surface area contributed by atoms with Crippen molar-refractivity contribution in [3.05, 3.63) is 0 Å². The summed E-state index contributed by atoms with van der Waals surface area (Å²) in [6.45, 7) is 10.6. The number of carbonyl (C=O) groups excluding carboxylic acids is 3. The first kappa shape index (κ1) is 22.3. The van der Waals surface area contributed by atoms with Gasteiger partial charge in [-0.1, -0.05) is 26.7 Å². The fourth-order valence-electron chi connectivity index (χ4n) is 3.82. The molecule has 0 N–H and O–H groups in total. The van der Waals surface area contributed by atoms with Gasteiger partial charge in [0.15, 0.2) is 6.23 Å². The zero-order valence-corrected chi connectivity index (χ0v) is 17.1. The Bertz CT molecular complexity index is 519. The zero-order valence-electron chi connectivity index (χ0n) is 17.1. The quantitative estimate of drug-likeness (QED) is 0.524. The van der Waals surface area contributed by atoms with Gasteiger partial charge in [-0.2, -0.15) is 0 Å². The summed E-state index contributed by atoms with van der Waals surface area (Å²) in [4.78, 5) is 38.3. The molecule has 26 heavy (non-hydrogen) atoms. The van der Waals surface area contributed by atoms with E-state index >= 15 is 0 Å². The van der Waals surface area contributed by atoms with Crippen LogP contribution >= 0.6 is 0 Å². The number of amides is 1. The third-order valence-corrected chi connectivity index (χ3v) is 4.56. The highest BCUT2D eigenvalue weighted by Gasteiger charge is 2.58. The second-order valence-electron chi connectivity index (χ2n) is 7.95. The number of methoxy groups -OCH3 is 1. The fraction of sp³-hybridized carbons (Fsp3) is 0.842. The van der Waals surface area contributed by atoms with Crippen molar-refractivity contribution in [2.75, 3.05) is 7.11 Å². The summed E-state index contributed by atoms with van der Waals surface area (Å²) in [5.74, 6) is -1.02. The van der Waals surface area contributed by atoms with Crippen LogP contribution in [0.5, 0.6) is 0 Å². The van der Waals surface area contributed by atoms with Gasteiger partial charge in [0.25, 0.3) is 0 Å². The van der Waals surface area contributed by atoms with E-state index in [4.69, 9.17) is 14.2 Å². The largest absolute Gasteiger partial charge is 0.467 e. The van der Waals surface area contributed by atoms with E-state index in [-0.39, 0.29) is 0 Å². The first-order chi connectivity index (χ1) is 12.0. The summed E-state index contributed by atoms with van der Waals surface area (Å²) in [5, 5.41) is 0. The number of nitrogens with zero attached hydrogens (tertiary/aromatic N) is 1. The number of hydrogen-bond acceptors (Lipinski definition) is 6. The molecular weight excluding hydrogens is 338 g/mol. The lowest BCUT2D eigenvalue weighted by Crippen LogP contribution is -2.51. The van der Waals surface area contributed by atoms with Gasteiger partial charge in [0, 0.05) is 12.3 Å². The van der Waals surface area contributed by atoms with Gasteiger partial charge in [-0.3, -0.25) is 9.69 Å². The molecule has 1 aliphatic heterocycles. The number of carbonyl (C=O) groups is 3. The molecule has 150 valence electrons. The second-order valence-corrected chi connectivity index (χ2v) is 7.95. The zero-order chi connectivity index (χ0) is 20.1. The maximum Gasteiger partial charge on any atom is 0.413 e. The number of rotatable bonds is 6. The molecule has 0 saturated carbocycles. The molecule has 0 radical (unpaired) electrons. The number of ether oxygens (including phenoxy) is 3. The molecule has 0 bridgehead atoms. The van der Waals surface area contributed by atoms with E-state index in [2.05, 4.69) is 0 Å². The monoisotopic (exact) mass is 371 g/mol. The van der Waals surface area contributed by atoms with Crippen molar-refractivity contribution in [2.45, 2.75) is 91.5 Å². The van der Waals surface area contributed by atoms with Crippen LogP contribution in [0.2, 0.25) is 0 Å². The van der Waals surface area contributed by atoms with E-state index in [9.17, 15) is 14.4 Å². The molecule has 0 spiro atoms. The van der Waals surface area contributed by atoms with Crippen molar-refractivity contribution < 1.29 is 28.6 Å². The summed E-state index contributed by atoms with van der Waals surface area (Å²) in [6.07, 6.45) is 2.00. The molecule has 0 aliphatic carbocycles. The van der Waals surface area contributed by atoms with Gasteiger partial charge in [0.2, 0.25) is 0 Å². The summed E-state index contributed by atoms with van der Waals surface area (Å²) < 4.78 is 16.0. The lowest BCUT2D eigenvalue weighted by molar-refractivity contribution is -0.167. The minimum atomic E-state index is -0.848. The Morgan fingerprint density at radius 3 is 2.04 bits per heavy atom. The summed E-state index contributed by atoms with van der Waals surface area (Å²) in [5.41, 5.74) is -1.23. The smallest absolute Gasteiger partial charge is 0.413 e. The van der Waals surface area contributed by atoms with Crippen molar-refractivity contribution in [3.63, 3.8) is 0 Å². The Labute approximate surface area is 156 Å². The predicted molar refractivity (Wildman–Crippen MR) is 96.3 cm³/mol. The highest BCUT2D eigenvalue weighted by Crippen LogP contribution is 2.49. The highest BCUT2D eigenvalue weighted by molar-refractivity contribution is 5.83. The molecular formula is C19H33NO6. The van der Waals surface area contributed by atoms with Crippen molar-refractivity contribution in [1.82, 2.24) is 4.90 Å². The number of hydrogen-bond donors (Lipinski definition) is 0. The lowest BCUT2D eigenvalue weighted by Gasteiger charge is -2.37. The molecule has 0 aromatic carbocycles. The van der Waals surface area contributed by atoms with Crippen molar-refractivity contribution >= 4 is 18.0 Å². The van der Waals surface area contributed by atoms with Crippen LogP contribution in [-0.4, -0.2) is 47.9 Å². The Hall–Kier alpha value is -1.79. The Morgan fingerprint density at radius 1 is 1.12 bits per heavy atom. The van der Waals surface area contributed by atoms with E-state index in [0.29, 0.717) is 6.42 Å². The molecule has 1 unspecified atom stereocenters. The molecule has 1 aliphatic rings. The topological polar surface area (TPSA) is 82.1 Å². The Morgan fingerprint density at radius 2 is 1.65 bits per heavy atom. The van der Waals surface area contributed by atoms with E-state index in [1.807, 2.05) is 13.8 Å². The van der Waals surface area contributed by atoms with Crippen LogP contribution in [0.1, 0.15) is 73.6 Å². The van der Waals surface area contributed by atoms with Crippen LogP contribution in [0, 0.1) is 5.41 Å². The van der Waals surface area contributed by atoms with Crippen molar-refractivity contribution in [1.29, 1.82) is 0 Å². The number of esters is 2. The molecule has 1 amide bonds. The van der Waals surface area contributed by atoms with Gasteiger partial charge in [0.05, 0.1) is 7.11 Å². The molecule has 1 saturated heterocycles. The molecule has 1 fully saturated rings. The molecule has 0 aromatic heterocycles. The molecule has 1 rings (SSSR count). The SMILES string of the molecule is CCCC1(CCC)C[C@@H](C(=O)OC)N(C(=O)OC(C)(C)C)C1OC(C)=O. The van der Waals surface area contributed by atoms with Gasteiger partial charge in [-0.15, -0.1) is 0 Å². The average Bonchev–Trinajstić information content (AvgIpc) is 2.79. The normalized spacial score (nSPS) is 22.0. The van der Waals surface area contributed by atoms with Gasteiger partial charge in [-0.25, -0.2) is 9.59 Å². The maximum absolute atomic E-state index is 12.9. The minimum Gasteiger partial charge on any atom is -0.467 e. The molecule has 7 heteroatoms. The van der Waals surface area contributed by atoms with Crippen molar-refractivity contribution in [2.24, 2.45) is 5.41 Å². The molecule has 7 nitrogen and oxygen atoms in total. The van der Waals surface area contributed by atoms with Gasteiger partial charge >= 0.3 is 18.0 Å². The third kappa shape index (κ3) is 5.11. The first-order valence-corrected chi connectivity index (χ1v) is 9.27. The lowest BCUT2D eigenvalue weighted by atomic mass is 9.76. The summed E-state index contributed by atoms with van der Waals surface area (Å²) >= 11 is 0. The van der Waals surface area contributed by atoms with Crippen LogP contribution in [-0.2, 0) is 23.8 Å². The molecule has 0 aromatic rings. The van der Waals surface area contributed by atoms with Gasteiger partial charge in [0.1, 0.15) is 11.6 Å². The first-order valence-electron chi connectivity index (χ1n) is 9.27. The molecule has 2 atom stereocenters. The summed E-state index contributed by atoms with van der Waals surface area (Å²) in [7, 11) is 1.29. The van der Waals surface area contributed by atoms with Crippen molar-refractivity contribution in [3.8, 4) is 0 Å². The average molecular weight is 371 g/mol. The predicted octanol–water partition coefficient (Wildman–Crippen LogP) is 3.64. The van der Waals surface area contributed by atoms with Gasteiger partial charge in [-0.05, 0) is 40.0 Å². The number of likely N-dealkylation sites (tertiary alicyclic amines) is 1. The highest BCUT2D eigenvalue weighted by atomic mass is 16.6. The van der Waals surface area contributed by atoms with Crippen LogP contribution in [0.25, 0.3) is 0 Å². The van der Waals surface area contributed by atoms with E-state index in [1.165, 1.54) is 18.9 Å². The van der Waals surface area contributed by atoms with Crippen LogP contribution in [0.4, 0.5) is 4.79 Å². The van der Waals surface area contributed by atoms with E-state index in [0.717, 1.165) is 25.7 Å². The van der Waals surface area contributed by atoms with Gasteiger partial charge < -0.3 is 14.2 Å². The van der Waals surface area contributed by atoms with E-state index in [1.54, 1.807) is 20.8 Å². The molecule has 1 heterocycles. The van der Waals surface area contributed by atoms with Crippen LogP contribution < -0.4 is 0 Å². The second kappa shape index (κ2) is 8.73. The fourth-order valence-corrected chi connectivity index (χ4v) is 3.82. The third-order valence-electron chi connectivity index (χ3n) is 4.56. The maximum atomic E-state index is 12.9.